The second kappa shape index (κ2) is 7.20. The standard InChI is InChI=1S/C16H23N5O4/c22-12(20-8-3-1-2-4-9-20)10-21-11-17-15(19-21)18-13(23)16(14(24)25)6-5-7-16/h11H,1-10H2,(H,24,25)(H,18,19,23). The van der Waals surface area contributed by atoms with E-state index in [2.05, 4.69) is 15.4 Å². The molecule has 1 aliphatic heterocycles. The molecule has 2 heterocycles. The Bertz CT molecular complexity index is 659. The summed E-state index contributed by atoms with van der Waals surface area (Å²) >= 11 is 0. The van der Waals surface area contributed by atoms with E-state index >= 15 is 0 Å². The number of hydrogen-bond acceptors (Lipinski definition) is 5. The van der Waals surface area contributed by atoms with E-state index in [4.69, 9.17) is 0 Å². The summed E-state index contributed by atoms with van der Waals surface area (Å²) in [5.74, 6) is -1.71. The number of aliphatic carboxylic acids is 1. The van der Waals surface area contributed by atoms with Gasteiger partial charge in [0.1, 0.15) is 18.3 Å². The normalized spacial score (nSPS) is 19.6. The molecule has 2 amide bonds. The van der Waals surface area contributed by atoms with Crippen molar-refractivity contribution in [2.24, 2.45) is 5.41 Å². The number of hydrogen-bond donors (Lipinski definition) is 2. The molecule has 0 radical (unpaired) electrons. The molecule has 1 aliphatic carbocycles. The van der Waals surface area contributed by atoms with Crippen LogP contribution in [0.2, 0.25) is 0 Å². The maximum absolute atomic E-state index is 12.3. The third kappa shape index (κ3) is 3.64. The molecule has 2 fully saturated rings. The third-order valence-corrected chi connectivity index (χ3v) is 5.07. The van der Waals surface area contributed by atoms with Crippen molar-refractivity contribution in [1.29, 1.82) is 0 Å². The zero-order valence-corrected chi connectivity index (χ0v) is 14.1. The van der Waals surface area contributed by atoms with Gasteiger partial charge in [-0.2, -0.15) is 0 Å². The number of carbonyl (C=O) groups is 3. The number of carbonyl (C=O) groups excluding carboxylic acids is 2. The van der Waals surface area contributed by atoms with Gasteiger partial charge in [0.25, 0.3) is 0 Å². The van der Waals surface area contributed by atoms with Gasteiger partial charge < -0.3 is 10.0 Å². The zero-order valence-electron chi connectivity index (χ0n) is 14.1. The summed E-state index contributed by atoms with van der Waals surface area (Å²) in [7, 11) is 0. The minimum atomic E-state index is -1.37. The first-order chi connectivity index (χ1) is 12.0. The molecule has 1 saturated heterocycles. The number of amides is 2. The number of likely N-dealkylation sites (tertiary alicyclic amines) is 1. The second-order valence-electron chi connectivity index (χ2n) is 6.76. The van der Waals surface area contributed by atoms with Crippen LogP contribution >= 0.6 is 0 Å². The fourth-order valence-electron chi connectivity index (χ4n) is 3.28. The molecule has 0 atom stereocenters. The lowest BCUT2D eigenvalue weighted by Crippen LogP contribution is -2.48. The lowest BCUT2D eigenvalue weighted by atomic mass is 9.68. The minimum Gasteiger partial charge on any atom is -0.480 e. The van der Waals surface area contributed by atoms with Gasteiger partial charge in [0.2, 0.25) is 17.8 Å². The largest absolute Gasteiger partial charge is 0.480 e. The third-order valence-electron chi connectivity index (χ3n) is 5.07. The summed E-state index contributed by atoms with van der Waals surface area (Å²) in [4.78, 5) is 41.7. The number of anilines is 1. The Morgan fingerprint density at radius 2 is 1.80 bits per heavy atom. The van der Waals surface area contributed by atoms with Crippen molar-refractivity contribution in [3.63, 3.8) is 0 Å². The van der Waals surface area contributed by atoms with Crippen LogP contribution in [0.25, 0.3) is 0 Å². The van der Waals surface area contributed by atoms with Crippen LogP contribution in [0.1, 0.15) is 44.9 Å². The fraction of sp³-hybridized carbons (Fsp3) is 0.688. The fourth-order valence-corrected chi connectivity index (χ4v) is 3.28. The quantitative estimate of drug-likeness (QED) is 0.762. The van der Waals surface area contributed by atoms with E-state index in [-0.39, 0.29) is 18.4 Å². The Labute approximate surface area is 145 Å². The Hall–Kier alpha value is -2.45. The first-order valence-electron chi connectivity index (χ1n) is 8.73. The highest BCUT2D eigenvalue weighted by Gasteiger charge is 2.51. The first-order valence-corrected chi connectivity index (χ1v) is 8.73. The van der Waals surface area contributed by atoms with E-state index in [0.29, 0.717) is 19.3 Å². The molecule has 2 N–H and O–H groups in total. The lowest BCUT2D eigenvalue weighted by Gasteiger charge is -2.35. The van der Waals surface area contributed by atoms with Crippen LogP contribution in [0.15, 0.2) is 6.33 Å². The minimum absolute atomic E-state index is 0.0225. The smallest absolute Gasteiger partial charge is 0.319 e. The van der Waals surface area contributed by atoms with E-state index in [1.807, 2.05) is 4.90 Å². The predicted octanol–water partition coefficient (Wildman–Crippen LogP) is 0.874. The first kappa shape index (κ1) is 17.4. The number of nitrogens with zero attached hydrogens (tertiary/aromatic N) is 4. The van der Waals surface area contributed by atoms with E-state index in [1.54, 1.807) is 0 Å². The van der Waals surface area contributed by atoms with E-state index in [0.717, 1.165) is 38.8 Å². The molecule has 0 aromatic carbocycles. The van der Waals surface area contributed by atoms with Crippen molar-refractivity contribution in [2.75, 3.05) is 18.4 Å². The van der Waals surface area contributed by atoms with Gasteiger partial charge in [0.15, 0.2) is 0 Å². The van der Waals surface area contributed by atoms with Crippen molar-refractivity contribution in [3.8, 4) is 0 Å². The summed E-state index contributed by atoms with van der Waals surface area (Å²) in [5.41, 5.74) is -1.37. The number of aromatic nitrogens is 3. The molecule has 1 aromatic rings. The molecule has 25 heavy (non-hydrogen) atoms. The van der Waals surface area contributed by atoms with Gasteiger partial charge in [0, 0.05) is 13.1 Å². The molecule has 1 aromatic heterocycles. The monoisotopic (exact) mass is 349 g/mol. The van der Waals surface area contributed by atoms with Crippen molar-refractivity contribution in [3.05, 3.63) is 6.33 Å². The average molecular weight is 349 g/mol. The van der Waals surface area contributed by atoms with Crippen LogP contribution < -0.4 is 5.32 Å². The Balaban J connectivity index is 1.58. The highest BCUT2D eigenvalue weighted by atomic mass is 16.4. The number of nitrogens with one attached hydrogen (secondary N) is 1. The van der Waals surface area contributed by atoms with Crippen LogP contribution in [0.4, 0.5) is 5.95 Å². The summed E-state index contributed by atoms with van der Waals surface area (Å²) in [6, 6.07) is 0. The van der Waals surface area contributed by atoms with Gasteiger partial charge in [0.05, 0.1) is 0 Å². The van der Waals surface area contributed by atoms with Crippen molar-refractivity contribution >= 4 is 23.7 Å². The molecule has 0 spiro atoms. The number of rotatable bonds is 5. The van der Waals surface area contributed by atoms with Gasteiger partial charge in [-0.25, -0.2) is 9.67 Å². The predicted molar refractivity (Wildman–Crippen MR) is 87.6 cm³/mol. The molecular formula is C16H23N5O4. The summed E-state index contributed by atoms with van der Waals surface area (Å²) in [5, 5.41) is 15.8. The molecule has 9 nitrogen and oxygen atoms in total. The van der Waals surface area contributed by atoms with Crippen LogP contribution in [0, 0.1) is 5.41 Å². The molecule has 0 bridgehead atoms. The van der Waals surface area contributed by atoms with Crippen LogP contribution in [0.3, 0.4) is 0 Å². The maximum Gasteiger partial charge on any atom is 0.319 e. The highest BCUT2D eigenvalue weighted by Crippen LogP contribution is 2.41. The molecule has 2 aliphatic rings. The molecule has 1 saturated carbocycles. The Morgan fingerprint density at radius 3 is 2.36 bits per heavy atom. The van der Waals surface area contributed by atoms with Gasteiger partial charge in [-0.1, -0.05) is 19.3 Å². The maximum atomic E-state index is 12.3. The number of carboxylic acids is 1. The number of carboxylic acid groups (broad SMARTS) is 1. The Kier molecular flexibility index (Phi) is 5.00. The molecule has 0 unspecified atom stereocenters. The van der Waals surface area contributed by atoms with E-state index in [9.17, 15) is 19.5 Å². The molecule has 9 heteroatoms. The zero-order chi connectivity index (χ0) is 17.9. The van der Waals surface area contributed by atoms with Crippen LogP contribution in [-0.2, 0) is 20.9 Å². The SMILES string of the molecule is O=C(Cn1cnc(NC(=O)C2(C(=O)O)CCC2)n1)N1CCCCCC1. The van der Waals surface area contributed by atoms with Gasteiger partial charge in [-0.15, -0.1) is 5.10 Å². The summed E-state index contributed by atoms with van der Waals surface area (Å²) < 4.78 is 1.37. The van der Waals surface area contributed by atoms with Crippen LogP contribution in [0.5, 0.6) is 0 Å². The summed E-state index contributed by atoms with van der Waals surface area (Å²) in [6.07, 6.45) is 7.06. The van der Waals surface area contributed by atoms with Gasteiger partial charge in [-0.05, 0) is 25.7 Å². The lowest BCUT2D eigenvalue weighted by molar-refractivity contribution is -0.159. The molecule has 3 rings (SSSR count). The topological polar surface area (TPSA) is 117 Å². The van der Waals surface area contributed by atoms with Crippen molar-refractivity contribution < 1.29 is 19.5 Å². The second-order valence-corrected chi connectivity index (χ2v) is 6.76. The highest BCUT2D eigenvalue weighted by molar-refractivity contribution is 6.08. The summed E-state index contributed by atoms with van der Waals surface area (Å²) in [6.45, 7) is 1.59. The molecular weight excluding hydrogens is 326 g/mol. The van der Waals surface area contributed by atoms with E-state index in [1.165, 1.54) is 11.0 Å². The van der Waals surface area contributed by atoms with E-state index < -0.39 is 17.3 Å². The van der Waals surface area contributed by atoms with Crippen LogP contribution in [-0.4, -0.2) is 55.6 Å². The average Bonchev–Trinajstić information content (AvgIpc) is 2.78. The van der Waals surface area contributed by atoms with Gasteiger partial charge in [-0.3, -0.25) is 19.7 Å². The van der Waals surface area contributed by atoms with Crippen molar-refractivity contribution in [1.82, 2.24) is 19.7 Å². The van der Waals surface area contributed by atoms with Crippen molar-refractivity contribution in [2.45, 2.75) is 51.5 Å². The Morgan fingerprint density at radius 1 is 1.12 bits per heavy atom. The molecule has 136 valence electrons. The van der Waals surface area contributed by atoms with Gasteiger partial charge >= 0.3 is 5.97 Å².